The molecule has 78 valence electrons. The van der Waals surface area contributed by atoms with Gasteiger partial charge in [0.05, 0.1) is 6.54 Å². The molecule has 0 aliphatic carbocycles. The van der Waals surface area contributed by atoms with Crippen LogP contribution in [0.15, 0.2) is 0 Å². The van der Waals surface area contributed by atoms with Crippen molar-refractivity contribution in [2.24, 2.45) is 5.73 Å². The lowest BCUT2D eigenvalue weighted by molar-refractivity contribution is 0.0304. The fraction of sp³-hybridized carbons (Fsp3) is 1.00. The highest BCUT2D eigenvalue weighted by molar-refractivity contribution is 4.81. The van der Waals surface area contributed by atoms with E-state index in [9.17, 15) is 8.78 Å². The van der Waals surface area contributed by atoms with Gasteiger partial charge < -0.3 is 10.6 Å². The number of nitrogens with zero attached hydrogens (tertiary/aromatic N) is 2. The van der Waals surface area contributed by atoms with Crippen molar-refractivity contribution in [1.29, 1.82) is 0 Å². The first kappa shape index (κ1) is 10.8. The zero-order chi connectivity index (χ0) is 9.84. The van der Waals surface area contributed by atoms with E-state index in [0.29, 0.717) is 13.1 Å². The van der Waals surface area contributed by atoms with Crippen LogP contribution in [0.1, 0.15) is 0 Å². The van der Waals surface area contributed by atoms with E-state index in [1.807, 2.05) is 7.05 Å². The molecule has 5 heteroatoms. The van der Waals surface area contributed by atoms with Gasteiger partial charge in [-0.25, -0.2) is 8.78 Å². The van der Waals surface area contributed by atoms with Crippen LogP contribution in [0, 0.1) is 0 Å². The molecule has 1 heterocycles. The van der Waals surface area contributed by atoms with Gasteiger partial charge in [-0.05, 0) is 7.05 Å². The molecule has 0 spiro atoms. The van der Waals surface area contributed by atoms with E-state index in [-0.39, 0.29) is 12.6 Å². The summed E-state index contributed by atoms with van der Waals surface area (Å²) >= 11 is 0. The Morgan fingerprint density at radius 2 is 2.15 bits per heavy atom. The average molecular weight is 193 g/mol. The van der Waals surface area contributed by atoms with E-state index < -0.39 is 6.43 Å². The molecule has 0 aromatic rings. The molecule has 1 atom stereocenters. The first-order chi connectivity index (χ1) is 6.13. The van der Waals surface area contributed by atoms with Gasteiger partial charge >= 0.3 is 0 Å². The van der Waals surface area contributed by atoms with Crippen molar-refractivity contribution in [3.05, 3.63) is 0 Å². The molecule has 1 aliphatic rings. The molecule has 0 aromatic heterocycles. The van der Waals surface area contributed by atoms with Gasteiger partial charge in [0.1, 0.15) is 0 Å². The maximum Gasteiger partial charge on any atom is 0.251 e. The van der Waals surface area contributed by atoms with Gasteiger partial charge in [-0.3, -0.25) is 4.90 Å². The standard InChI is InChI=1S/C8H17F2N3/c1-12-2-3-13(6-8(9)10)7(4-11)5-12/h7-8H,2-6,11H2,1H3. The normalized spacial score (nSPS) is 27.0. The summed E-state index contributed by atoms with van der Waals surface area (Å²) in [7, 11) is 1.99. The zero-order valence-corrected chi connectivity index (χ0v) is 7.92. The van der Waals surface area contributed by atoms with Gasteiger partial charge in [-0.15, -0.1) is 0 Å². The minimum atomic E-state index is -2.25. The minimum absolute atomic E-state index is 0.0905. The Bertz CT molecular complexity index is 154. The van der Waals surface area contributed by atoms with E-state index in [0.717, 1.165) is 13.1 Å². The van der Waals surface area contributed by atoms with E-state index in [2.05, 4.69) is 4.90 Å². The molecule has 0 radical (unpaired) electrons. The van der Waals surface area contributed by atoms with Crippen LogP contribution in [0.5, 0.6) is 0 Å². The van der Waals surface area contributed by atoms with E-state index in [1.165, 1.54) is 0 Å². The molecule has 1 saturated heterocycles. The summed E-state index contributed by atoms with van der Waals surface area (Å²) in [5.74, 6) is 0. The number of likely N-dealkylation sites (N-methyl/N-ethyl adjacent to an activating group) is 1. The number of hydrogen-bond donors (Lipinski definition) is 1. The number of nitrogens with two attached hydrogens (primary N) is 1. The summed E-state index contributed by atoms with van der Waals surface area (Å²) in [6, 6.07) is 0.0905. The number of hydrogen-bond acceptors (Lipinski definition) is 3. The third kappa shape index (κ3) is 3.17. The van der Waals surface area contributed by atoms with Crippen LogP contribution in [-0.4, -0.2) is 62.0 Å². The highest BCUT2D eigenvalue weighted by Gasteiger charge is 2.25. The molecule has 1 rings (SSSR count). The Balaban J connectivity index is 2.42. The molecule has 0 amide bonds. The first-order valence-electron chi connectivity index (χ1n) is 4.54. The van der Waals surface area contributed by atoms with Crippen LogP contribution in [0.2, 0.25) is 0 Å². The van der Waals surface area contributed by atoms with Crippen LogP contribution < -0.4 is 5.73 Å². The van der Waals surface area contributed by atoms with Crippen LogP contribution in [0.3, 0.4) is 0 Å². The lowest BCUT2D eigenvalue weighted by Gasteiger charge is -2.39. The third-order valence-corrected chi connectivity index (χ3v) is 2.45. The number of alkyl halides is 2. The maximum absolute atomic E-state index is 12.1. The van der Waals surface area contributed by atoms with E-state index in [1.54, 1.807) is 4.90 Å². The second-order valence-electron chi connectivity index (χ2n) is 3.54. The predicted octanol–water partition coefficient (Wildman–Crippen LogP) is -0.174. The van der Waals surface area contributed by atoms with Crippen LogP contribution in [0.4, 0.5) is 8.78 Å². The Morgan fingerprint density at radius 3 is 2.69 bits per heavy atom. The van der Waals surface area contributed by atoms with Crippen molar-refractivity contribution in [2.45, 2.75) is 12.5 Å². The average Bonchev–Trinajstić information content (AvgIpc) is 2.07. The molecule has 1 aliphatic heterocycles. The molecule has 0 bridgehead atoms. The van der Waals surface area contributed by atoms with Crippen molar-refractivity contribution < 1.29 is 8.78 Å². The molecule has 0 aromatic carbocycles. The largest absolute Gasteiger partial charge is 0.329 e. The number of rotatable bonds is 3. The summed E-state index contributed by atoms with van der Waals surface area (Å²) in [5.41, 5.74) is 5.52. The highest BCUT2D eigenvalue weighted by atomic mass is 19.3. The van der Waals surface area contributed by atoms with Gasteiger partial charge in [0.25, 0.3) is 6.43 Å². The fourth-order valence-corrected chi connectivity index (χ4v) is 1.69. The number of piperazine rings is 1. The topological polar surface area (TPSA) is 32.5 Å². The quantitative estimate of drug-likeness (QED) is 0.675. The molecule has 1 fully saturated rings. The van der Waals surface area contributed by atoms with Crippen LogP contribution in [-0.2, 0) is 0 Å². The summed E-state index contributed by atoms with van der Waals surface area (Å²) in [4.78, 5) is 3.91. The number of halogens is 2. The monoisotopic (exact) mass is 193 g/mol. The van der Waals surface area contributed by atoms with Gasteiger partial charge in [-0.2, -0.15) is 0 Å². The predicted molar refractivity (Wildman–Crippen MR) is 47.9 cm³/mol. The highest BCUT2D eigenvalue weighted by Crippen LogP contribution is 2.09. The Labute approximate surface area is 77.5 Å². The summed E-state index contributed by atoms with van der Waals surface area (Å²) in [5, 5.41) is 0. The Kier molecular flexibility index (Phi) is 4.02. The molecule has 13 heavy (non-hydrogen) atoms. The first-order valence-corrected chi connectivity index (χ1v) is 4.54. The van der Waals surface area contributed by atoms with Gasteiger partial charge in [0, 0.05) is 32.2 Å². The smallest absolute Gasteiger partial charge is 0.251 e. The van der Waals surface area contributed by atoms with Crippen molar-refractivity contribution in [3.63, 3.8) is 0 Å². The lowest BCUT2D eigenvalue weighted by Crippen LogP contribution is -2.55. The molecule has 1 unspecified atom stereocenters. The van der Waals surface area contributed by atoms with E-state index >= 15 is 0 Å². The van der Waals surface area contributed by atoms with Crippen LogP contribution in [0.25, 0.3) is 0 Å². The SMILES string of the molecule is CN1CCN(CC(F)F)C(CN)C1. The van der Waals surface area contributed by atoms with Gasteiger partial charge in [0.2, 0.25) is 0 Å². The molecular weight excluding hydrogens is 176 g/mol. The Hall–Kier alpha value is -0.260. The summed E-state index contributed by atoms with van der Waals surface area (Å²) < 4.78 is 24.3. The molecule has 3 nitrogen and oxygen atoms in total. The van der Waals surface area contributed by atoms with E-state index in [4.69, 9.17) is 5.73 Å². The summed E-state index contributed by atoms with van der Waals surface area (Å²) in [6.07, 6.45) is -2.25. The molecular formula is C8H17F2N3. The molecule has 2 N–H and O–H groups in total. The van der Waals surface area contributed by atoms with Crippen molar-refractivity contribution in [3.8, 4) is 0 Å². The van der Waals surface area contributed by atoms with Crippen molar-refractivity contribution in [2.75, 3.05) is 39.8 Å². The zero-order valence-electron chi connectivity index (χ0n) is 7.92. The van der Waals surface area contributed by atoms with Gasteiger partial charge in [-0.1, -0.05) is 0 Å². The fourth-order valence-electron chi connectivity index (χ4n) is 1.69. The van der Waals surface area contributed by atoms with Crippen LogP contribution >= 0.6 is 0 Å². The second-order valence-corrected chi connectivity index (χ2v) is 3.54. The van der Waals surface area contributed by atoms with Gasteiger partial charge in [0.15, 0.2) is 0 Å². The summed E-state index contributed by atoms with van der Waals surface area (Å²) in [6.45, 7) is 2.65. The second kappa shape index (κ2) is 4.83. The molecule has 0 saturated carbocycles. The van der Waals surface area contributed by atoms with Crippen molar-refractivity contribution >= 4 is 0 Å². The van der Waals surface area contributed by atoms with Crippen molar-refractivity contribution in [1.82, 2.24) is 9.80 Å². The maximum atomic E-state index is 12.1. The minimum Gasteiger partial charge on any atom is -0.329 e. The lowest BCUT2D eigenvalue weighted by atomic mass is 10.2. The third-order valence-electron chi connectivity index (χ3n) is 2.45. The Morgan fingerprint density at radius 1 is 1.46 bits per heavy atom.